The zero-order chi connectivity index (χ0) is 15.0. The van der Waals surface area contributed by atoms with E-state index in [0.717, 1.165) is 7.87 Å². The molecule has 0 unspecified atom stereocenters. The van der Waals surface area contributed by atoms with Crippen molar-refractivity contribution in [3.8, 4) is 0 Å². The minimum absolute atomic E-state index is 0.883. The average molecular weight is 391 g/mol. The Bertz CT molecular complexity index is 574. The van der Waals surface area contributed by atoms with Crippen molar-refractivity contribution in [3.63, 3.8) is 0 Å². The van der Waals surface area contributed by atoms with Gasteiger partial charge in [-0.05, 0) is 0 Å². The molecule has 1 aliphatic heterocycles. The second-order valence-corrected chi connectivity index (χ2v) is 26.3. The quantitative estimate of drug-likeness (QED) is 0.459. The summed E-state index contributed by atoms with van der Waals surface area (Å²) in [5, 5.41) is 3.81. The van der Waals surface area contributed by atoms with E-state index in [1.165, 1.54) is 0 Å². The number of hydrogen-bond acceptors (Lipinski definition) is 0. The van der Waals surface area contributed by atoms with Crippen LogP contribution in [0.5, 0.6) is 0 Å². The van der Waals surface area contributed by atoms with Crippen LogP contribution in [0.4, 0.5) is 0 Å². The maximum absolute atomic E-state index is 2.71. The fraction of sp³-hybridized carbons (Fsp3) is 0.556. The maximum atomic E-state index is 2.71. The third kappa shape index (κ3) is 1.65. The van der Waals surface area contributed by atoms with Crippen LogP contribution in [-0.2, 0) is 0 Å². The van der Waals surface area contributed by atoms with Crippen molar-refractivity contribution in [2.45, 2.75) is 58.5 Å². The number of allylic oxidation sites excluding steroid dienone is 8. The van der Waals surface area contributed by atoms with E-state index in [4.69, 9.17) is 0 Å². The molecule has 3 aliphatic rings. The molecular formula is C18H28SiSn. The van der Waals surface area contributed by atoms with Gasteiger partial charge in [0.2, 0.25) is 0 Å². The summed E-state index contributed by atoms with van der Waals surface area (Å²) >= 11 is -2.23. The van der Waals surface area contributed by atoms with Gasteiger partial charge in [0.1, 0.15) is 0 Å². The molecule has 108 valence electrons. The Kier molecular flexibility index (Phi) is 3.17. The summed E-state index contributed by atoms with van der Waals surface area (Å²) in [4.78, 5) is 5.42. The summed E-state index contributed by atoms with van der Waals surface area (Å²) in [6.45, 7) is 14.8. The van der Waals surface area contributed by atoms with Crippen molar-refractivity contribution in [1.82, 2.24) is 0 Å². The van der Waals surface area contributed by atoms with Gasteiger partial charge in [0, 0.05) is 0 Å². The molecule has 0 amide bonds. The van der Waals surface area contributed by atoms with E-state index in [9.17, 15) is 0 Å². The third-order valence-electron chi connectivity index (χ3n) is 6.06. The Morgan fingerprint density at radius 3 is 1.50 bits per heavy atom. The molecule has 0 saturated carbocycles. The third-order valence-corrected chi connectivity index (χ3v) is 24.5. The molecule has 1 fully saturated rings. The molecule has 1 saturated heterocycles. The zero-order valence-corrected chi connectivity index (χ0v) is 18.2. The topological polar surface area (TPSA) is 0 Å². The number of fused-ring (bicyclic) bond motifs is 2. The van der Waals surface area contributed by atoms with E-state index in [2.05, 4.69) is 62.8 Å². The van der Waals surface area contributed by atoms with E-state index in [1.54, 1.807) is 22.3 Å². The molecule has 0 spiro atoms. The molecule has 3 rings (SSSR count). The van der Waals surface area contributed by atoms with Crippen LogP contribution in [0.15, 0.2) is 44.8 Å². The van der Waals surface area contributed by atoms with Gasteiger partial charge in [0.15, 0.2) is 0 Å². The van der Waals surface area contributed by atoms with Crippen LogP contribution in [0, 0.1) is 0 Å². The molecule has 0 aromatic heterocycles. The normalized spacial score (nSPS) is 34.0. The van der Waals surface area contributed by atoms with Gasteiger partial charge in [-0.15, -0.1) is 0 Å². The van der Waals surface area contributed by atoms with Crippen LogP contribution in [-0.4, -0.2) is 26.5 Å². The van der Waals surface area contributed by atoms with E-state index < -0.39 is 26.5 Å². The fourth-order valence-electron chi connectivity index (χ4n) is 5.85. The first kappa shape index (κ1) is 14.9. The first-order valence-corrected chi connectivity index (χ1v) is 19.9. The second kappa shape index (κ2) is 4.25. The molecule has 1 heterocycles. The summed E-state index contributed by atoms with van der Waals surface area (Å²) in [5.41, 5.74) is 6.63. The average Bonchev–Trinajstić information content (AvgIpc) is 2.75. The molecule has 0 bridgehead atoms. The SMILES string of the molecule is CC1=CC(C)=C2[C@@H]1[Sn]([CH3])([CH3])[C@H]1C(C)=CC(C)=C1[Si]2(C)C. The van der Waals surface area contributed by atoms with Crippen molar-refractivity contribution < 1.29 is 0 Å². The first-order chi connectivity index (χ1) is 9.10. The van der Waals surface area contributed by atoms with E-state index in [0.29, 0.717) is 0 Å². The summed E-state index contributed by atoms with van der Waals surface area (Å²) in [6, 6.07) is 0. The zero-order valence-electron chi connectivity index (χ0n) is 14.3. The Morgan fingerprint density at radius 2 is 1.15 bits per heavy atom. The van der Waals surface area contributed by atoms with Gasteiger partial charge >= 0.3 is 130 Å². The van der Waals surface area contributed by atoms with Gasteiger partial charge in [-0.25, -0.2) is 0 Å². The summed E-state index contributed by atoms with van der Waals surface area (Å²) in [6.07, 6.45) is 5.03. The predicted molar refractivity (Wildman–Crippen MR) is 95.4 cm³/mol. The fourth-order valence-corrected chi connectivity index (χ4v) is 35.0. The predicted octanol–water partition coefficient (Wildman–Crippen LogP) is 5.79. The van der Waals surface area contributed by atoms with Crippen molar-refractivity contribution in [2.24, 2.45) is 0 Å². The molecule has 20 heavy (non-hydrogen) atoms. The summed E-state index contributed by atoms with van der Waals surface area (Å²) in [5.74, 6) is 0. The van der Waals surface area contributed by atoms with E-state index >= 15 is 0 Å². The van der Waals surface area contributed by atoms with Crippen LogP contribution in [0.2, 0.25) is 30.8 Å². The Morgan fingerprint density at radius 1 is 0.800 bits per heavy atom. The molecule has 0 N–H and O–H groups in total. The van der Waals surface area contributed by atoms with Crippen LogP contribution < -0.4 is 0 Å². The monoisotopic (exact) mass is 392 g/mol. The van der Waals surface area contributed by atoms with Gasteiger partial charge in [-0.2, -0.15) is 0 Å². The van der Waals surface area contributed by atoms with Crippen molar-refractivity contribution in [1.29, 1.82) is 0 Å². The van der Waals surface area contributed by atoms with Gasteiger partial charge in [-0.3, -0.25) is 0 Å². The van der Waals surface area contributed by atoms with Crippen molar-refractivity contribution in [2.75, 3.05) is 0 Å². The first-order valence-electron chi connectivity index (χ1n) is 7.89. The molecule has 0 aromatic rings. The van der Waals surface area contributed by atoms with Gasteiger partial charge in [0.05, 0.1) is 0 Å². The summed E-state index contributed by atoms with van der Waals surface area (Å²) < 4.78 is 1.77. The van der Waals surface area contributed by atoms with Crippen molar-refractivity contribution in [3.05, 3.63) is 44.8 Å². The number of rotatable bonds is 0. The minimum atomic E-state index is -2.23. The van der Waals surface area contributed by atoms with E-state index in [-0.39, 0.29) is 0 Å². The Labute approximate surface area is 129 Å². The standard InChI is InChI=1S/C16H22Si.2CH3.Sn/c1-11-7-13(3)15(9-11)17(5,6)16-10-12(2)8-14(16)4;;;/h7-10H,1-6H3;2*1H3;. The summed E-state index contributed by atoms with van der Waals surface area (Å²) in [7, 11) is -1.44. The molecule has 0 radical (unpaired) electrons. The Hall–Kier alpha value is -0.0244. The van der Waals surface area contributed by atoms with E-state index in [1.807, 2.05) is 10.4 Å². The molecule has 0 nitrogen and oxygen atoms in total. The van der Waals surface area contributed by atoms with Crippen LogP contribution in [0.1, 0.15) is 27.7 Å². The molecule has 2 atom stereocenters. The van der Waals surface area contributed by atoms with Crippen molar-refractivity contribution >= 4 is 26.5 Å². The molecule has 0 aromatic carbocycles. The van der Waals surface area contributed by atoms with Crippen LogP contribution in [0.25, 0.3) is 0 Å². The Balaban J connectivity index is 2.31. The molecule has 2 aliphatic carbocycles. The molecular weight excluding hydrogens is 363 g/mol. The van der Waals surface area contributed by atoms with Crippen LogP contribution >= 0.6 is 0 Å². The van der Waals surface area contributed by atoms with Gasteiger partial charge in [-0.1, -0.05) is 0 Å². The second-order valence-electron chi connectivity index (χ2n) is 8.28. The molecule has 2 heteroatoms. The van der Waals surface area contributed by atoms with Gasteiger partial charge in [0.25, 0.3) is 0 Å². The number of hydrogen-bond donors (Lipinski definition) is 0. The van der Waals surface area contributed by atoms with Crippen LogP contribution in [0.3, 0.4) is 0 Å². The van der Waals surface area contributed by atoms with Gasteiger partial charge < -0.3 is 0 Å².